The van der Waals surface area contributed by atoms with Gasteiger partial charge in [0.05, 0.1) is 6.42 Å². The van der Waals surface area contributed by atoms with Crippen molar-refractivity contribution < 1.29 is 19.1 Å². The predicted molar refractivity (Wildman–Crippen MR) is 87.9 cm³/mol. The summed E-state index contributed by atoms with van der Waals surface area (Å²) in [6.45, 7) is 0.330. The quantitative estimate of drug-likeness (QED) is 0.582. The molecule has 2 rings (SSSR count). The molecular weight excluding hydrogens is 340 g/mol. The first-order valence-electron chi connectivity index (χ1n) is 6.87. The molecule has 0 radical (unpaired) electrons. The van der Waals surface area contributed by atoms with E-state index >= 15 is 0 Å². The van der Waals surface area contributed by atoms with Gasteiger partial charge in [0, 0.05) is 23.0 Å². The van der Waals surface area contributed by atoms with Gasteiger partial charge in [0.25, 0.3) is 0 Å². The van der Waals surface area contributed by atoms with E-state index in [4.69, 9.17) is 21.1 Å². The molecule has 0 aliphatic rings. The van der Waals surface area contributed by atoms with Crippen LogP contribution in [-0.4, -0.2) is 30.1 Å². The number of benzene rings is 1. The molecule has 1 N–H and O–H groups in total. The zero-order valence-corrected chi connectivity index (χ0v) is 13.7. The number of nitrogens with zero attached hydrogens (tertiary/aromatic N) is 1. The summed E-state index contributed by atoms with van der Waals surface area (Å²) in [6, 6.07) is 6.94. The van der Waals surface area contributed by atoms with Crippen molar-refractivity contribution in [2.75, 3.05) is 18.5 Å². The van der Waals surface area contributed by atoms with Crippen molar-refractivity contribution in [1.29, 1.82) is 0 Å². The van der Waals surface area contributed by atoms with Crippen LogP contribution in [0.1, 0.15) is 12.8 Å². The number of anilines is 1. The minimum absolute atomic E-state index is 0.00831. The molecule has 1 heterocycles. The van der Waals surface area contributed by atoms with E-state index in [1.807, 2.05) is 0 Å². The average molecular weight is 355 g/mol. The van der Waals surface area contributed by atoms with Crippen LogP contribution in [0.5, 0.6) is 5.75 Å². The third kappa shape index (κ3) is 6.66. The third-order valence-electron chi connectivity index (χ3n) is 2.65. The van der Waals surface area contributed by atoms with Crippen LogP contribution in [0.4, 0.5) is 5.13 Å². The Hall–Kier alpha value is -2.12. The number of nitrogens with one attached hydrogen (secondary N) is 1. The maximum Gasteiger partial charge on any atom is 0.306 e. The lowest BCUT2D eigenvalue weighted by molar-refractivity contribution is -0.145. The molecule has 0 aliphatic carbocycles. The van der Waals surface area contributed by atoms with E-state index in [1.165, 1.54) is 11.3 Å². The number of hydrogen-bond donors (Lipinski definition) is 1. The van der Waals surface area contributed by atoms with Crippen molar-refractivity contribution in [1.82, 2.24) is 4.98 Å². The summed E-state index contributed by atoms with van der Waals surface area (Å²) in [5, 5.41) is 5.44. The first-order chi connectivity index (χ1) is 11.1. The van der Waals surface area contributed by atoms with Crippen LogP contribution in [0.2, 0.25) is 5.02 Å². The van der Waals surface area contributed by atoms with E-state index in [0.717, 1.165) is 0 Å². The van der Waals surface area contributed by atoms with Crippen LogP contribution in [0.25, 0.3) is 0 Å². The maximum atomic E-state index is 11.6. The zero-order chi connectivity index (χ0) is 16.5. The Morgan fingerprint density at radius 1 is 1.26 bits per heavy atom. The van der Waals surface area contributed by atoms with Crippen LogP contribution in [0.3, 0.4) is 0 Å². The first-order valence-corrected chi connectivity index (χ1v) is 8.12. The Morgan fingerprint density at radius 3 is 2.87 bits per heavy atom. The molecule has 2 aromatic rings. The average Bonchev–Trinajstić information content (AvgIpc) is 3.02. The second-order valence-corrected chi connectivity index (χ2v) is 5.74. The van der Waals surface area contributed by atoms with Crippen molar-refractivity contribution in [3.05, 3.63) is 40.9 Å². The normalized spacial score (nSPS) is 10.1. The topological polar surface area (TPSA) is 77.5 Å². The molecule has 1 amide bonds. The molecule has 0 bridgehead atoms. The van der Waals surface area contributed by atoms with Gasteiger partial charge in [-0.2, -0.15) is 0 Å². The highest BCUT2D eigenvalue weighted by Gasteiger charge is 2.09. The highest BCUT2D eigenvalue weighted by molar-refractivity contribution is 7.13. The maximum absolute atomic E-state index is 11.6. The largest absolute Gasteiger partial charge is 0.490 e. The molecule has 6 nitrogen and oxygen atoms in total. The van der Waals surface area contributed by atoms with Crippen LogP contribution >= 0.6 is 22.9 Å². The predicted octanol–water partition coefficient (Wildman–Crippen LogP) is 3.14. The van der Waals surface area contributed by atoms with Crippen molar-refractivity contribution >= 4 is 39.9 Å². The molecule has 122 valence electrons. The molecule has 0 unspecified atom stereocenters. The highest BCUT2D eigenvalue weighted by Crippen LogP contribution is 2.16. The number of hydrogen-bond acceptors (Lipinski definition) is 6. The number of aromatic nitrogens is 1. The van der Waals surface area contributed by atoms with Gasteiger partial charge in [-0.05, 0) is 18.2 Å². The number of esters is 1. The van der Waals surface area contributed by atoms with Gasteiger partial charge in [-0.3, -0.25) is 9.59 Å². The van der Waals surface area contributed by atoms with Crippen LogP contribution in [0, 0.1) is 0 Å². The zero-order valence-electron chi connectivity index (χ0n) is 12.2. The van der Waals surface area contributed by atoms with Gasteiger partial charge in [0.1, 0.15) is 19.0 Å². The molecule has 8 heteroatoms. The summed E-state index contributed by atoms with van der Waals surface area (Å²) < 4.78 is 10.4. The van der Waals surface area contributed by atoms with Gasteiger partial charge in [0.15, 0.2) is 5.13 Å². The van der Waals surface area contributed by atoms with Gasteiger partial charge in [-0.15, -0.1) is 11.3 Å². The fourth-order valence-electron chi connectivity index (χ4n) is 1.63. The van der Waals surface area contributed by atoms with Crippen molar-refractivity contribution in [3.8, 4) is 5.75 Å². The van der Waals surface area contributed by atoms with Crippen LogP contribution in [0.15, 0.2) is 35.8 Å². The summed E-state index contributed by atoms with van der Waals surface area (Å²) in [5.41, 5.74) is 0. The van der Waals surface area contributed by atoms with Gasteiger partial charge in [-0.1, -0.05) is 17.7 Å². The van der Waals surface area contributed by atoms with Crippen molar-refractivity contribution in [3.63, 3.8) is 0 Å². The monoisotopic (exact) mass is 354 g/mol. The highest BCUT2D eigenvalue weighted by atomic mass is 35.5. The number of halogens is 1. The second kappa shape index (κ2) is 9.12. The standard InChI is InChI=1S/C15H15ClN2O4S/c16-11-2-1-3-12(10-11)21-7-8-22-14(20)5-4-13(19)18-15-17-6-9-23-15/h1-3,6,9-10H,4-5,7-8H2,(H,17,18,19). The molecule has 0 atom stereocenters. The third-order valence-corrected chi connectivity index (χ3v) is 3.57. The minimum atomic E-state index is -0.450. The molecule has 1 aromatic carbocycles. The Bertz CT molecular complexity index is 649. The molecule has 1 aromatic heterocycles. The van der Waals surface area contributed by atoms with E-state index in [1.54, 1.807) is 35.8 Å². The SMILES string of the molecule is O=C(CCC(=O)OCCOc1cccc(Cl)c1)Nc1nccs1. The molecule has 23 heavy (non-hydrogen) atoms. The number of rotatable bonds is 8. The first kappa shape index (κ1) is 17.2. The van der Waals surface area contributed by atoms with E-state index in [0.29, 0.717) is 15.9 Å². The molecule has 0 aliphatic heterocycles. The van der Waals surface area contributed by atoms with Crippen LogP contribution < -0.4 is 10.1 Å². The van der Waals surface area contributed by atoms with Gasteiger partial charge in [0.2, 0.25) is 5.91 Å². The number of ether oxygens (including phenoxy) is 2. The van der Waals surface area contributed by atoms with E-state index in [2.05, 4.69) is 10.3 Å². The van der Waals surface area contributed by atoms with Gasteiger partial charge < -0.3 is 14.8 Å². The van der Waals surface area contributed by atoms with E-state index in [9.17, 15) is 9.59 Å². The summed E-state index contributed by atoms with van der Waals surface area (Å²) >= 11 is 7.14. The van der Waals surface area contributed by atoms with Crippen LogP contribution in [-0.2, 0) is 14.3 Å². The van der Waals surface area contributed by atoms with Crippen molar-refractivity contribution in [2.24, 2.45) is 0 Å². The molecule has 0 saturated heterocycles. The fourth-order valence-corrected chi connectivity index (χ4v) is 2.35. The van der Waals surface area contributed by atoms with Gasteiger partial charge >= 0.3 is 5.97 Å². The van der Waals surface area contributed by atoms with E-state index < -0.39 is 5.97 Å². The van der Waals surface area contributed by atoms with Crippen molar-refractivity contribution in [2.45, 2.75) is 12.8 Å². The Kier molecular flexibility index (Phi) is 6.83. The lowest BCUT2D eigenvalue weighted by Gasteiger charge is -2.07. The lowest BCUT2D eigenvalue weighted by Crippen LogP contribution is -2.16. The number of thiazole rings is 1. The molecule has 0 saturated carbocycles. The number of amides is 1. The molecule has 0 fully saturated rings. The second-order valence-electron chi connectivity index (χ2n) is 4.41. The number of carbonyl (C=O) groups excluding carboxylic acids is 2. The smallest absolute Gasteiger partial charge is 0.306 e. The summed E-state index contributed by atoms with van der Waals surface area (Å²) in [5.74, 6) is -0.113. The Balaban J connectivity index is 1.57. The summed E-state index contributed by atoms with van der Waals surface area (Å²) in [6.07, 6.45) is 1.65. The molecule has 0 spiro atoms. The van der Waals surface area contributed by atoms with Gasteiger partial charge in [-0.25, -0.2) is 4.98 Å². The molecular formula is C15H15ClN2O4S. The van der Waals surface area contributed by atoms with E-state index in [-0.39, 0.29) is 32.0 Å². The Labute approximate surface area is 142 Å². The fraction of sp³-hybridized carbons (Fsp3) is 0.267. The minimum Gasteiger partial charge on any atom is -0.490 e. The summed E-state index contributed by atoms with van der Waals surface area (Å²) in [7, 11) is 0. The summed E-state index contributed by atoms with van der Waals surface area (Å²) in [4.78, 5) is 27.0. The lowest BCUT2D eigenvalue weighted by atomic mass is 10.3. The Morgan fingerprint density at radius 2 is 2.13 bits per heavy atom. The number of carbonyl (C=O) groups is 2.